The van der Waals surface area contributed by atoms with Gasteiger partial charge < -0.3 is 10.8 Å². The molecule has 5 N–H and O–H groups in total. The fourth-order valence-corrected chi connectivity index (χ4v) is 2.07. The van der Waals surface area contributed by atoms with Crippen LogP contribution in [0.5, 0.6) is 5.75 Å². The Morgan fingerprint density at radius 2 is 1.68 bits per heavy atom. The minimum absolute atomic E-state index is 0.0653. The number of aromatic hydroxyl groups is 1. The Morgan fingerprint density at radius 3 is 2.14 bits per heavy atom. The molecule has 0 saturated carbocycles. The van der Waals surface area contributed by atoms with E-state index in [4.69, 9.17) is 28.2 Å². The number of allylic oxidation sites excluding steroid dienone is 4. The number of hydrogen-bond donors (Lipinski definition) is 4. The summed E-state index contributed by atoms with van der Waals surface area (Å²) in [4.78, 5) is 0. The predicted octanol–water partition coefficient (Wildman–Crippen LogP) is 4.30. The molecule has 0 atom stereocenters. The van der Waals surface area contributed by atoms with Crippen molar-refractivity contribution in [3.05, 3.63) is 46.5 Å². The number of nitrogens with two attached hydrogens (primary N) is 1. The zero-order chi connectivity index (χ0) is 17.1. The van der Waals surface area contributed by atoms with E-state index < -0.39 is 0 Å². The topological polar surface area (TPSA) is 93.9 Å². The SMILES string of the molecule is Cc1cc(N)c(O)c(C(C)(C)C)c1.N=C1C=CC(Cl)=CC1=N. The maximum absolute atomic E-state index is 9.73. The van der Waals surface area contributed by atoms with Crippen LogP contribution >= 0.6 is 11.6 Å². The van der Waals surface area contributed by atoms with Gasteiger partial charge in [0.05, 0.1) is 17.1 Å². The summed E-state index contributed by atoms with van der Waals surface area (Å²) in [6.45, 7) is 8.15. The third-order valence-corrected chi connectivity index (χ3v) is 3.31. The number of halogens is 1. The van der Waals surface area contributed by atoms with Gasteiger partial charge in [-0.1, -0.05) is 38.4 Å². The number of phenols is 1. The van der Waals surface area contributed by atoms with E-state index in [0.717, 1.165) is 11.1 Å². The highest BCUT2D eigenvalue weighted by Crippen LogP contribution is 2.35. The smallest absolute Gasteiger partial charge is 0.142 e. The normalized spacial score (nSPS) is 14.3. The molecule has 1 aliphatic rings. The molecule has 22 heavy (non-hydrogen) atoms. The Labute approximate surface area is 136 Å². The number of nitrogen functional groups attached to an aromatic ring is 1. The summed E-state index contributed by atoms with van der Waals surface area (Å²) in [5.41, 5.74) is 8.43. The molecular formula is C17H22ClN3O. The molecular weight excluding hydrogens is 298 g/mol. The van der Waals surface area contributed by atoms with Crippen LogP contribution in [0.2, 0.25) is 0 Å². The molecule has 0 radical (unpaired) electrons. The van der Waals surface area contributed by atoms with E-state index in [1.54, 1.807) is 12.1 Å². The molecule has 1 aromatic rings. The van der Waals surface area contributed by atoms with Crippen LogP contribution in [0.15, 0.2) is 35.4 Å². The van der Waals surface area contributed by atoms with Crippen molar-refractivity contribution in [3.63, 3.8) is 0 Å². The van der Waals surface area contributed by atoms with Gasteiger partial charge in [0.15, 0.2) is 0 Å². The van der Waals surface area contributed by atoms with Gasteiger partial charge >= 0.3 is 0 Å². The molecule has 1 aromatic carbocycles. The number of nitrogens with one attached hydrogen (secondary N) is 2. The summed E-state index contributed by atoms with van der Waals surface area (Å²) >= 11 is 5.51. The Bertz CT molecular complexity index is 667. The summed E-state index contributed by atoms with van der Waals surface area (Å²) in [7, 11) is 0. The maximum atomic E-state index is 9.73. The minimum Gasteiger partial charge on any atom is -0.505 e. The third-order valence-electron chi connectivity index (χ3n) is 3.07. The molecule has 0 saturated heterocycles. The lowest BCUT2D eigenvalue weighted by Gasteiger charge is -2.21. The van der Waals surface area contributed by atoms with Gasteiger partial charge in [0.25, 0.3) is 0 Å². The Hall–Kier alpha value is -2.07. The zero-order valence-corrected chi connectivity index (χ0v) is 14.0. The van der Waals surface area contributed by atoms with Crippen LogP contribution in [0.1, 0.15) is 31.9 Å². The maximum Gasteiger partial charge on any atom is 0.142 e. The summed E-state index contributed by atoms with van der Waals surface area (Å²) < 4.78 is 0. The van der Waals surface area contributed by atoms with Crippen LogP contribution in [0.4, 0.5) is 5.69 Å². The molecule has 0 spiro atoms. The second-order valence-corrected chi connectivity index (χ2v) is 6.63. The zero-order valence-electron chi connectivity index (χ0n) is 13.3. The Kier molecular flexibility index (Phi) is 5.55. The molecule has 118 valence electrons. The molecule has 0 heterocycles. The number of anilines is 1. The second-order valence-electron chi connectivity index (χ2n) is 6.19. The molecule has 0 amide bonds. The highest BCUT2D eigenvalue weighted by Gasteiger charge is 2.19. The molecule has 0 aromatic heterocycles. The fraction of sp³-hybridized carbons (Fsp3) is 0.294. The van der Waals surface area contributed by atoms with E-state index in [1.807, 2.05) is 13.0 Å². The second kappa shape index (κ2) is 6.79. The number of benzene rings is 1. The van der Waals surface area contributed by atoms with Crippen LogP contribution in [-0.4, -0.2) is 16.5 Å². The fourth-order valence-electron chi connectivity index (χ4n) is 1.90. The lowest BCUT2D eigenvalue weighted by molar-refractivity contribution is 0.449. The summed E-state index contributed by atoms with van der Waals surface area (Å²) in [5, 5.41) is 24.4. The predicted molar refractivity (Wildman–Crippen MR) is 94.5 cm³/mol. The van der Waals surface area contributed by atoms with Crippen LogP contribution in [0.3, 0.4) is 0 Å². The van der Waals surface area contributed by atoms with E-state index in [1.165, 1.54) is 12.2 Å². The molecule has 4 nitrogen and oxygen atoms in total. The first-order chi connectivity index (χ1) is 10.0. The monoisotopic (exact) mass is 319 g/mol. The van der Waals surface area contributed by atoms with Crippen molar-refractivity contribution in [3.8, 4) is 5.75 Å². The van der Waals surface area contributed by atoms with Gasteiger partial charge in [-0.05, 0) is 42.2 Å². The van der Waals surface area contributed by atoms with Gasteiger partial charge in [0.1, 0.15) is 5.75 Å². The summed E-state index contributed by atoms with van der Waals surface area (Å²) in [6.07, 6.45) is 4.55. The van der Waals surface area contributed by atoms with Crippen LogP contribution in [-0.2, 0) is 5.41 Å². The molecule has 2 rings (SSSR count). The number of phenolic OH excluding ortho intramolecular Hbond substituents is 1. The van der Waals surface area contributed by atoms with Gasteiger partial charge in [0, 0.05) is 10.6 Å². The Balaban J connectivity index is 0.000000235. The van der Waals surface area contributed by atoms with Gasteiger partial charge in [-0.25, -0.2) is 0 Å². The van der Waals surface area contributed by atoms with E-state index in [0.29, 0.717) is 10.7 Å². The number of hydrogen-bond acceptors (Lipinski definition) is 4. The summed E-state index contributed by atoms with van der Waals surface area (Å²) in [6, 6.07) is 3.76. The van der Waals surface area contributed by atoms with Crippen molar-refractivity contribution >= 4 is 28.7 Å². The molecule has 0 unspecified atom stereocenters. The van der Waals surface area contributed by atoms with Crippen molar-refractivity contribution in [1.29, 1.82) is 10.8 Å². The van der Waals surface area contributed by atoms with Crippen molar-refractivity contribution in [1.82, 2.24) is 0 Å². The van der Waals surface area contributed by atoms with Crippen molar-refractivity contribution in [2.24, 2.45) is 0 Å². The molecule has 5 heteroatoms. The van der Waals surface area contributed by atoms with Crippen LogP contribution < -0.4 is 5.73 Å². The van der Waals surface area contributed by atoms with E-state index >= 15 is 0 Å². The van der Waals surface area contributed by atoms with Gasteiger partial charge in [-0.3, -0.25) is 10.8 Å². The first kappa shape index (κ1) is 18.0. The average Bonchev–Trinajstić information content (AvgIpc) is 2.38. The summed E-state index contributed by atoms with van der Waals surface area (Å²) in [5.74, 6) is 0.220. The quantitative estimate of drug-likeness (QED) is 0.326. The first-order valence-electron chi connectivity index (χ1n) is 6.84. The van der Waals surface area contributed by atoms with E-state index in [-0.39, 0.29) is 22.6 Å². The minimum atomic E-state index is -0.0653. The third kappa shape index (κ3) is 4.74. The van der Waals surface area contributed by atoms with Crippen molar-refractivity contribution < 1.29 is 5.11 Å². The average molecular weight is 320 g/mol. The lowest BCUT2D eigenvalue weighted by atomic mass is 9.85. The van der Waals surface area contributed by atoms with Gasteiger partial charge in [-0.2, -0.15) is 0 Å². The van der Waals surface area contributed by atoms with E-state index in [2.05, 4.69) is 20.8 Å². The molecule has 0 aliphatic heterocycles. The Morgan fingerprint density at radius 1 is 1.09 bits per heavy atom. The van der Waals surface area contributed by atoms with Gasteiger partial charge in [-0.15, -0.1) is 0 Å². The number of aryl methyl sites for hydroxylation is 1. The van der Waals surface area contributed by atoms with Crippen molar-refractivity contribution in [2.45, 2.75) is 33.1 Å². The largest absolute Gasteiger partial charge is 0.505 e. The van der Waals surface area contributed by atoms with Crippen molar-refractivity contribution in [2.75, 3.05) is 5.73 Å². The number of rotatable bonds is 0. The van der Waals surface area contributed by atoms with Crippen LogP contribution in [0, 0.1) is 17.7 Å². The molecule has 1 aliphatic carbocycles. The highest BCUT2D eigenvalue weighted by atomic mass is 35.5. The lowest BCUT2D eigenvalue weighted by Crippen LogP contribution is -2.12. The van der Waals surface area contributed by atoms with E-state index in [9.17, 15) is 5.11 Å². The standard InChI is InChI=1S/C11H17NO.C6H5ClN2/c1-7-5-8(11(2,3)4)10(13)9(12)6-7;7-4-1-2-5(8)6(9)3-4/h5-6,13H,12H2,1-4H3;1-3,8-9H. The van der Waals surface area contributed by atoms with Crippen LogP contribution in [0.25, 0.3) is 0 Å². The molecule has 0 bridgehead atoms. The highest BCUT2D eigenvalue weighted by molar-refractivity contribution is 6.51. The first-order valence-corrected chi connectivity index (χ1v) is 7.22. The molecule has 0 fully saturated rings. The van der Waals surface area contributed by atoms with Gasteiger partial charge in [0.2, 0.25) is 0 Å².